The van der Waals surface area contributed by atoms with Crippen molar-refractivity contribution >= 4 is 73.1 Å². The molecule has 0 aliphatic rings. The molecular weight excluding hydrogens is 413 g/mol. The van der Waals surface area contributed by atoms with Gasteiger partial charge in [-0.3, -0.25) is 10.1 Å². The second-order valence-corrected chi connectivity index (χ2v) is 7.62. The molecule has 5 nitrogen and oxygen atoms in total. The number of ether oxygens (including phenoxy) is 1. The summed E-state index contributed by atoms with van der Waals surface area (Å²) >= 11 is 18.5. The van der Waals surface area contributed by atoms with Gasteiger partial charge < -0.3 is 10.1 Å². The summed E-state index contributed by atoms with van der Waals surface area (Å²) in [6.07, 6.45) is 0. The highest BCUT2D eigenvalue weighted by Crippen LogP contribution is 2.30. The number of aryl methyl sites for hydroxylation is 1. The lowest BCUT2D eigenvalue weighted by molar-refractivity contribution is -0.121. The van der Waals surface area contributed by atoms with Crippen molar-refractivity contribution in [3.8, 4) is 5.75 Å². The van der Waals surface area contributed by atoms with E-state index in [1.54, 1.807) is 30.3 Å². The van der Waals surface area contributed by atoms with Crippen molar-refractivity contribution in [2.45, 2.75) is 6.92 Å². The van der Waals surface area contributed by atoms with Gasteiger partial charge in [0.05, 0.1) is 10.2 Å². The van der Waals surface area contributed by atoms with Crippen LogP contribution in [-0.2, 0) is 4.79 Å². The summed E-state index contributed by atoms with van der Waals surface area (Å²) in [7, 11) is 0. The Kier molecular flexibility index (Phi) is 5.93. The van der Waals surface area contributed by atoms with Gasteiger partial charge in [-0.1, -0.05) is 34.5 Å². The molecule has 0 atom stereocenters. The molecule has 0 aliphatic heterocycles. The highest BCUT2D eigenvalue weighted by Gasteiger charge is 2.10. The SMILES string of the molecule is Cc1cc2sc(NC(=S)NC(=O)COc3ccc(Cl)cc3)nc2cc1Cl. The van der Waals surface area contributed by atoms with Crippen molar-refractivity contribution in [2.75, 3.05) is 11.9 Å². The second-order valence-electron chi connectivity index (χ2n) is 5.33. The Bertz CT molecular complexity index is 935. The number of nitrogens with one attached hydrogen (secondary N) is 2. The molecular formula is C17H13Cl2N3O2S2. The fourth-order valence-electron chi connectivity index (χ4n) is 2.07. The predicted molar refractivity (Wildman–Crippen MR) is 111 cm³/mol. The molecule has 0 radical (unpaired) electrons. The fraction of sp³-hybridized carbons (Fsp3) is 0.118. The zero-order valence-electron chi connectivity index (χ0n) is 13.5. The molecule has 2 aromatic carbocycles. The van der Waals surface area contributed by atoms with Gasteiger partial charge in [-0.05, 0) is 61.1 Å². The molecule has 2 N–H and O–H groups in total. The van der Waals surface area contributed by atoms with E-state index < -0.39 is 0 Å². The van der Waals surface area contributed by atoms with Gasteiger partial charge in [0.15, 0.2) is 16.9 Å². The van der Waals surface area contributed by atoms with E-state index in [1.807, 2.05) is 13.0 Å². The topological polar surface area (TPSA) is 63.2 Å². The van der Waals surface area contributed by atoms with E-state index in [0.717, 1.165) is 15.8 Å². The summed E-state index contributed by atoms with van der Waals surface area (Å²) in [5.74, 6) is 0.166. The number of carbonyl (C=O) groups is 1. The molecule has 0 spiro atoms. The van der Waals surface area contributed by atoms with E-state index in [9.17, 15) is 4.79 Å². The molecule has 0 aliphatic carbocycles. The first-order valence-electron chi connectivity index (χ1n) is 7.46. The Hall–Kier alpha value is -1.93. The van der Waals surface area contributed by atoms with Crippen molar-refractivity contribution in [3.05, 3.63) is 52.0 Å². The molecule has 1 amide bonds. The first kappa shape index (κ1) is 18.8. The summed E-state index contributed by atoms with van der Waals surface area (Å²) in [5.41, 5.74) is 1.75. The molecule has 0 unspecified atom stereocenters. The second kappa shape index (κ2) is 8.18. The molecule has 1 heterocycles. The van der Waals surface area contributed by atoms with Crippen LogP contribution in [0.2, 0.25) is 10.0 Å². The largest absolute Gasteiger partial charge is 0.484 e. The van der Waals surface area contributed by atoms with Gasteiger partial charge >= 0.3 is 0 Å². The summed E-state index contributed by atoms with van der Waals surface area (Å²) in [6, 6.07) is 10.5. The van der Waals surface area contributed by atoms with Crippen LogP contribution in [0.3, 0.4) is 0 Å². The molecule has 9 heteroatoms. The van der Waals surface area contributed by atoms with Gasteiger partial charge in [-0.15, -0.1) is 0 Å². The average molecular weight is 426 g/mol. The molecule has 0 saturated carbocycles. The highest BCUT2D eigenvalue weighted by atomic mass is 35.5. The van der Waals surface area contributed by atoms with Crippen LogP contribution in [0, 0.1) is 6.92 Å². The summed E-state index contributed by atoms with van der Waals surface area (Å²) in [5, 5.41) is 7.42. The minimum atomic E-state index is -0.377. The first-order chi connectivity index (χ1) is 12.4. The van der Waals surface area contributed by atoms with Crippen LogP contribution in [0.1, 0.15) is 5.56 Å². The lowest BCUT2D eigenvalue weighted by atomic mass is 10.2. The number of rotatable bonds is 4. The van der Waals surface area contributed by atoms with Gasteiger partial charge in [-0.25, -0.2) is 4.98 Å². The van der Waals surface area contributed by atoms with E-state index in [-0.39, 0.29) is 17.6 Å². The van der Waals surface area contributed by atoms with Gasteiger partial charge in [0, 0.05) is 10.0 Å². The number of aromatic nitrogens is 1. The maximum atomic E-state index is 11.9. The van der Waals surface area contributed by atoms with Crippen molar-refractivity contribution < 1.29 is 9.53 Å². The van der Waals surface area contributed by atoms with Gasteiger partial charge in [0.25, 0.3) is 5.91 Å². The molecule has 1 aromatic heterocycles. The maximum absolute atomic E-state index is 11.9. The lowest BCUT2D eigenvalue weighted by Gasteiger charge is -2.08. The number of halogens is 2. The maximum Gasteiger partial charge on any atom is 0.264 e. The van der Waals surface area contributed by atoms with E-state index in [1.165, 1.54) is 11.3 Å². The van der Waals surface area contributed by atoms with E-state index >= 15 is 0 Å². The summed E-state index contributed by atoms with van der Waals surface area (Å²) in [6.45, 7) is 1.76. The van der Waals surface area contributed by atoms with Crippen LogP contribution in [-0.4, -0.2) is 22.6 Å². The number of thiocarbonyl (C=S) groups is 1. The van der Waals surface area contributed by atoms with Crippen LogP contribution in [0.5, 0.6) is 5.75 Å². The standard InChI is InChI=1S/C17H13Cl2N3O2S2/c1-9-6-14-13(7-12(9)19)20-17(26-14)22-16(25)21-15(23)8-24-11-4-2-10(18)3-5-11/h2-7H,8H2,1H3,(H2,20,21,22,23,25). The minimum Gasteiger partial charge on any atom is -0.484 e. The first-order valence-corrected chi connectivity index (χ1v) is 9.44. The molecule has 0 saturated heterocycles. The fourth-order valence-corrected chi connectivity index (χ4v) is 3.58. The van der Waals surface area contributed by atoms with Crippen LogP contribution in [0.25, 0.3) is 10.2 Å². The monoisotopic (exact) mass is 425 g/mol. The molecule has 0 bridgehead atoms. The van der Waals surface area contributed by atoms with Crippen molar-refractivity contribution in [1.29, 1.82) is 0 Å². The highest BCUT2D eigenvalue weighted by molar-refractivity contribution is 7.80. The third-order valence-electron chi connectivity index (χ3n) is 3.33. The number of hydrogen-bond donors (Lipinski definition) is 2. The molecule has 0 fully saturated rings. The van der Waals surface area contributed by atoms with Crippen LogP contribution >= 0.6 is 46.8 Å². The molecule has 26 heavy (non-hydrogen) atoms. The third kappa shape index (κ3) is 4.82. The molecule has 134 valence electrons. The van der Waals surface area contributed by atoms with E-state index in [2.05, 4.69) is 15.6 Å². The zero-order valence-corrected chi connectivity index (χ0v) is 16.7. The number of fused-ring (bicyclic) bond motifs is 1. The lowest BCUT2D eigenvalue weighted by Crippen LogP contribution is -2.37. The summed E-state index contributed by atoms with van der Waals surface area (Å²) < 4.78 is 6.34. The third-order valence-corrected chi connectivity index (χ3v) is 5.12. The quantitative estimate of drug-likeness (QED) is 0.587. The van der Waals surface area contributed by atoms with Crippen molar-refractivity contribution in [3.63, 3.8) is 0 Å². The summed E-state index contributed by atoms with van der Waals surface area (Å²) in [4.78, 5) is 16.3. The van der Waals surface area contributed by atoms with E-state index in [4.69, 9.17) is 40.2 Å². The Labute approximate surface area is 169 Å². The molecule has 3 rings (SSSR count). The Morgan fingerprint density at radius 2 is 2.00 bits per heavy atom. The van der Waals surface area contributed by atoms with Gasteiger partial charge in [0.1, 0.15) is 5.75 Å². The van der Waals surface area contributed by atoms with Crippen LogP contribution < -0.4 is 15.4 Å². The number of nitrogens with zero attached hydrogens (tertiary/aromatic N) is 1. The number of hydrogen-bond acceptors (Lipinski definition) is 5. The minimum absolute atomic E-state index is 0.150. The van der Waals surface area contributed by atoms with Gasteiger partial charge in [0.2, 0.25) is 0 Å². The Morgan fingerprint density at radius 1 is 1.27 bits per heavy atom. The zero-order chi connectivity index (χ0) is 18.7. The number of anilines is 1. The Morgan fingerprint density at radius 3 is 2.73 bits per heavy atom. The molecule has 3 aromatic rings. The van der Waals surface area contributed by atoms with Crippen LogP contribution in [0.4, 0.5) is 5.13 Å². The number of carbonyl (C=O) groups excluding carboxylic acids is 1. The smallest absolute Gasteiger partial charge is 0.264 e. The number of thiazole rings is 1. The van der Waals surface area contributed by atoms with Crippen molar-refractivity contribution in [1.82, 2.24) is 10.3 Å². The van der Waals surface area contributed by atoms with E-state index in [0.29, 0.717) is 20.9 Å². The number of amides is 1. The van der Waals surface area contributed by atoms with Crippen LogP contribution in [0.15, 0.2) is 36.4 Å². The van der Waals surface area contributed by atoms with Crippen molar-refractivity contribution in [2.24, 2.45) is 0 Å². The number of benzene rings is 2. The Balaban J connectivity index is 1.54. The normalized spacial score (nSPS) is 10.6. The predicted octanol–water partition coefficient (Wildman–Crippen LogP) is 4.80. The van der Waals surface area contributed by atoms with Gasteiger partial charge in [-0.2, -0.15) is 0 Å². The average Bonchev–Trinajstić information content (AvgIpc) is 2.95.